The number of esters is 1. The monoisotopic (exact) mass is 414 g/mol. The van der Waals surface area contributed by atoms with Crippen LogP contribution in [-0.2, 0) is 14.3 Å². The topological polar surface area (TPSA) is 86.3 Å². The van der Waals surface area contributed by atoms with E-state index in [-0.39, 0.29) is 11.3 Å². The maximum absolute atomic E-state index is 12.5. The molecule has 1 amide bonds. The highest BCUT2D eigenvalue weighted by molar-refractivity contribution is 5.98. The van der Waals surface area contributed by atoms with Crippen molar-refractivity contribution >= 4 is 23.3 Å². The standard InChI is InChI=1S/C22H26N2O6/c1-15(30-22(26)18-5-4-6-19(27-2)20(18)28-3)21(25)23-16-7-9-17(10-8-16)24-11-13-29-14-12-24/h4-10,15H,11-14H2,1-3H3,(H,23,25)/t15-/m1/s1. The number of anilines is 2. The molecule has 8 nitrogen and oxygen atoms in total. The quantitative estimate of drug-likeness (QED) is 0.697. The van der Waals surface area contributed by atoms with Crippen molar-refractivity contribution in [3.8, 4) is 11.5 Å². The van der Waals surface area contributed by atoms with E-state index < -0.39 is 18.0 Å². The first-order valence-electron chi connectivity index (χ1n) is 9.69. The summed E-state index contributed by atoms with van der Waals surface area (Å²) in [5.74, 6) is -0.430. The van der Waals surface area contributed by atoms with Gasteiger partial charge >= 0.3 is 5.97 Å². The summed E-state index contributed by atoms with van der Waals surface area (Å²) in [7, 11) is 2.92. The lowest BCUT2D eigenvalue weighted by Gasteiger charge is -2.28. The van der Waals surface area contributed by atoms with Crippen LogP contribution in [0, 0.1) is 0 Å². The molecule has 0 unspecified atom stereocenters. The van der Waals surface area contributed by atoms with Crippen molar-refractivity contribution in [1.29, 1.82) is 0 Å². The van der Waals surface area contributed by atoms with Crippen LogP contribution in [0.4, 0.5) is 11.4 Å². The van der Waals surface area contributed by atoms with Crippen LogP contribution in [0.2, 0.25) is 0 Å². The molecule has 1 N–H and O–H groups in total. The molecule has 160 valence electrons. The average Bonchev–Trinajstić information content (AvgIpc) is 2.79. The molecule has 0 bridgehead atoms. The van der Waals surface area contributed by atoms with Crippen molar-refractivity contribution in [2.75, 3.05) is 50.7 Å². The predicted molar refractivity (Wildman–Crippen MR) is 113 cm³/mol. The van der Waals surface area contributed by atoms with E-state index in [1.807, 2.05) is 24.3 Å². The lowest BCUT2D eigenvalue weighted by atomic mass is 10.2. The molecular formula is C22H26N2O6. The first kappa shape index (κ1) is 21.4. The zero-order valence-corrected chi connectivity index (χ0v) is 17.3. The molecule has 2 aromatic rings. The summed E-state index contributed by atoms with van der Waals surface area (Å²) >= 11 is 0. The molecule has 2 aromatic carbocycles. The Balaban J connectivity index is 1.60. The lowest BCUT2D eigenvalue weighted by molar-refractivity contribution is -0.123. The highest BCUT2D eigenvalue weighted by Crippen LogP contribution is 2.31. The molecule has 30 heavy (non-hydrogen) atoms. The number of benzene rings is 2. The number of hydrogen-bond donors (Lipinski definition) is 1. The van der Waals surface area contributed by atoms with Gasteiger partial charge in [0.25, 0.3) is 5.91 Å². The summed E-state index contributed by atoms with van der Waals surface area (Å²) in [4.78, 5) is 27.2. The number of methoxy groups -OCH3 is 2. The van der Waals surface area contributed by atoms with Gasteiger partial charge in [0.2, 0.25) is 0 Å². The minimum atomic E-state index is -0.993. The van der Waals surface area contributed by atoms with E-state index in [1.165, 1.54) is 21.1 Å². The third-order valence-electron chi connectivity index (χ3n) is 4.79. The summed E-state index contributed by atoms with van der Waals surface area (Å²) in [6, 6.07) is 12.4. The molecule has 0 saturated carbocycles. The molecular weight excluding hydrogens is 388 g/mol. The van der Waals surface area contributed by atoms with Gasteiger partial charge in [-0.05, 0) is 43.3 Å². The maximum atomic E-state index is 12.5. The fourth-order valence-electron chi connectivity index (χ4n) is 3.15. The minimum absolute atomic E-state index is 0.186. The summed E-state index contributed by atoms with van der Waals surface area (Å²) < 4.78 is 21.1. The van der Waals surface area contributed by atoms with Crippen LogP contribution in [0.1, 0.15) is 17.3 Å². The van der Waals surface area contributed by atoms with Gasteiger partial charge in [-0.2, -0.15) is 0 Å². The van der Waals surface area contributed by atoms with Gasteiger partial charge in [-0.3, -0.25) is 4.79 Å². The summed E-state index contributed by atoms with van der Waals surface area (Å²) in [5, 5.41) is 2.76. The first-order chi connectivity index (χ1) is 14.5. The van der Waals surface area contributed by atoms with Crippen molar-refractivity contribution in [2.24, 2.45) is 0 Å². The van der Waals surface area contributed by atoms with Crippen LogP contribution < -0.4 is 19.7 Å². The second-order valence-electron chi connectivity index (χ2n) is 6.72. The smallest absolute Gasteiger partial charge is 0.342 e. The van der Waals surface area contributed by atoms with Crippen molar-refractivity contribution in [1.82, 2.24) is 0 Å². The van der Waals surface area contributed by atoms with Crippen molar-refractivity contribution < 1.29 is 28.5 Å². The van der Waals surface area contributed by atoms with Gasteiger partial charge in [-0.15, -0.1) is 0 Å². The molecule has 0 spiro atoms. The molecule has 1 aliphatic heterocycles. The summed E-state index contributed by atoms with van der Waals surface area (Å²) in [6.45, 7) is 4.61. The van der Waals surface area contributed by atoms with Gasteiger partial charge in [0, 0.05) is 24.5 Å². The van der Waals surface area contributed by atoms with Crippen LogP contribution in [-0.4, -0.2) is 58.5 Å². The number of carbonyl (C=O) groups excluding carboxylic acids is 2. The average molecular weight is 414 g/mol. The number of morpholine rings is 1. The Morgan fingerprint density at radius 3 is 2.37 bits per heavy atom. The molecule has 1 aliphatic rings. The molecule has 3 rings (SSSR count). The van der Waals surface area contributed by atoms with E-state index in [1.54, 1.807) is 18.2 Å². The Bertz CT molecular complexity index is 878. The van der Waals surface area contributed by atoms with Gasteiger partial charge in [-0.1, -0.05) is 6.07 Å². The van der Waals surface area contributed by atoms with E-state index in [9.17, 15) is 9.59 Å². The Kier molecular flexibility index (Phi) is 7.13. The highest BCUT2D eigenvalue weighted by atomic mass is 16.6. The number of hydrogen-bond acceptors (Lipinski definition) is 7. The SMILES string of the molecule is COc1cccc(C(=O)O[C@H](C)C(=O)Nc2ccc(N3CCOCC3)cc2)c1OC. The third-order valence-corrected chi connectivity index (χ3v) is 4.79. The third kappa shape index (κ3) is 5.01. The fraction of sp³-hybridized carbons (Fsp3) is 0.364. The number of ether oxygens (including phenoxy) is 4. The molecule has 1 fully saturated rings. The van der Waals surface area contributed by atoms with Gasteiger partial charge in [0.15, 0.2) is 17.6 Å². The highest BCUT2D eigenvalue weighted by Gasteiger charge is 2.23. The molecule has 1 saturated heterocycles. The van der Waals surface area contributed by atoms with Crippen LogP contribution >= 0.6 is 0 Å². The van der Waals surface area contributed by atoms with Crippen molar-refractivity contribution in [3.63, 3.8) is 0 Å². The zero-order valence-electron chi connectivity index (χ0n) is 17.3. The molecule has 0 radical (unpaired) electrons. The van der Waals surface area contributed by atoms with Crippen LogP contribution in [0.3, 0.4) is 0 Å². The molecule has 1 heterocycles. The van der Waals surface area contributed by atoms with Crippen molar-refractivity contribution in [3.05, 3.63) is 48.0 Å². The van der Waals surface area contributed by atoms with Gasteiger partial charge in [0.05, 0.1) is 27.4 Å². The Labute approximate surface area is 175 Å². The largest absolute Gasteiger partial charge is 0.493 e. The molecule has 0 aliphatic carbocycles. The van der Waals surface area contributed by atoms with Crippen LogP contribution in [0.25, 0.3) is 0 Å². The molecule has 0 aromatic heterocycles. The second kappa shape index (κ2) is 9.98. The van der Waals surface area contributed by atoms with E-state index in [0.29, 0.717) is 24.7 Å². The van der Waals surface area contributed by atoms with Gasteiger partial charge in [-0.25, -0.2) is 4.79 Å². The van der Waals surface area contributed by atoms with E-state index in [2.05, 4.69) is 10.2 Å². The number of carbonyl (C=O) groups is 2. The van der Waals surface area contributed by atoms with Crippen molar-refractivity contribution in [2.45, 2.75) is 13.0 Å². The normalized spacial score (nSPS) is 14.6. The molecule has 1 atom stereocenters. The van der Waals surface area contributed by atoms with Crippen LogP contribution in [0.5, 0.6) is 11.5 Å². The predicted octanol–water partition coefficient (Wildman–Crippen LogP) is 2.72. The Morgan fingerprint density at radius 2 is 1.73 bits per heavy atom. The van der Waals surface area contributed by atoms with Crippen LogP contribution in [0.15, 0.2) is 42.5 Å². The number of para-hydroxylation sites is 1. The van der Waals surface area contributed by atoms with E-state index in [0.717, 1.165) is 18.8 Å². The van der Waals surface area contributed by atoms with Gasteiger partial charge in [0.1, 0.15) is 5.56 Å². The first-order valence-corrected chi connectivity index (χ1v) is 9.69. The maximum Gasteiger partial charge on any atom is 0.342 e. The van der Waals surface area contributed by atoms with Gasteiger partial charge < -0.3 is 29.2 Å². The minimum Gasteiger partial charge on any atom is -0.493 e. The van der Waals surface area contributed by atoms with E-state index >= 15 is 0 Å². The van der Waals surface area contributed by atoms with E-state index in [4.69, 9.17) is 18.9 Å². The fourth-order valence-corrected chi connectivity index (χ4v) is 3.15. The number of nitrogens with zero attached hydrogens (tertiary/aromatic N) is 1. The molecule has 8 heteroatoms. The summed E-state index contributed by atoms with van der Waals surface area (Å²) in [6.07, 6.45) is -0.993. The Morgan fingerprint density at radius 1 is 1.03 bits per heavy atom. The zero-order chi connectivity index (χ0) is 21.5. The lowest BCUT2D eigenvalue weighted by Crippen LogP contribution is -2.36. The number of rotatable bonds is 7. The number of amides is 1. The summed E-state index contributed by atoms with van der Waals surface area (Å²) in [5.41, 5.74) is 1.88. The second-order valence-corrected chi connectivity index (χ2v) is 6.72. The number of nitrogens with one attached hydrogen (secondary N) is 1. The Hall–Kier alpha value is -3.26.